The van der Waals surface area contributed by atoms with Crippen LogP contribution in [-0.2, 0) is 0 Å². The van der Waals surface area contributed by atoms with E-state index in [9.17, 15) is 0 Å². The van der Waals surface area contributed by atoms with Gasteiger partial charge in [-0.2, -0.15) is 0 Å². The van der Waals surface area contributed by atoms with Gasteiger partial charge in [0, 0.05) is 6.04 Å². The zero-order chi connectivity index (χ0) is 10.4. The Bertz CT molecular complexity index is 273. The van der Waals surface area contributed by atoms with Gasteiger partial charge in [0.05, 0.1) is 11.4 Å². The lowest BCUT2D eigenvalue weighted by Gasteiger charge is -2.16. The van der Waals surface area contributed by atoms with Crippen LogP contribution in [0.25, 0.3) is 0 Å². The third kappa shape index (κ3) is 3.26. The Morgan fingerprint density at radius 2 is 2.07 bits per heavy atom. The summed E-state index contributed by atoms with van der Waals surface area (Å²) in [4.78, 5) is 0. The third-order valence-corrected chi connectivity index (χ3v) is 2.19. The van der Waals surface area contributed by atoms with E-state index < -0.39 is 0 Å². The maximum atomic E-state index is 5.82. The number of nitrogens with one attached hydrogen (secondary N) is 2. The zero-order valence-electron chi connectivity index (χ0n) is 8.88. The first-order valence-electron chi connectivity index (χ1n) is 4.99. The van der Waals surface area contributed by atoms with Gasteiger partial charge in [-0.15, -0.1) is 0 Å². The summed E-state index contributed by atoms with van der Waals surface area (Å²) in [6, 6.07) is 8.28. The van der Waals surface area contributed by atoms with Crippen molar-refractivity contribution in [3.8, 4) is 0 Å². The summed E-state index contributed by atoms with van der Waals surface area (Å²) in [5.41, 5.74) is 7.65. The summed E-state index contributed by atoms with van der Waals surface area (Å²) in [6.45, 7) is 3.17. The van der Waals surface area contributed by atoms with Crippen LogP contribution in [0.1, 0.15) is 13.3 Å². The van der Waals surface area contributed by atoms with E-state index in [2.05, 4.69) is 17.6 Å². The van der Waals surface area contributed by atoms with Crippen LogP contribution >= 0.6 is 0 Å². The summed E-state index contributed by atoms with van der Waals surface area (Å²) in [6.07, 6.45) is 1.09. The van der Waals surface area contributed by atoms with E-state index in [-0.39, 0.29) is 0 Å². The molecule has 1 aromatic carbocycles. The molecule has 4 N–H and O–H groups in total. The second-order valence-electron chi connectivity index (χ2n) is 3.52. The maximum absolute atomic E-state index is 5.82. The van der Waals surface area contributed by atoms with Crippen molar-refractivity contribution in [3.05, 3.63) is 24.3 Å². The fraction of sp³-hybridized carbons (Fsp3) is 0.455. The predicted molar refractivity (Wildman–Crippen MR) is 62.5 cm³/mol. The molecule has 0 aliphatic rings. The quantitative estimate of drug-likeness (QED) is 0.624. The summed E-state index contributed by atoms with van der Waals surface area (Å²) >= 11 is 0. The van der Waals surface area contributed by atoms with Crippen molar-refractivity contribution in [2.45, 2.75) is 19.4 Å². The van der Waals surface area contributed by atoms with E-state index in [0.29, 0.717) is 6.04 Å². The van der Waals surface area contributed by atoms with Crippen LogP contribution in [-0.4, -0.2) is 19.6 Å². The zero-order valence-corrected chi connectivity index (χ0v) is 8.88. The van der Waals surface area contributed by atoms with Crippen molar-refractivity contribution < 1.29 is 0 Å². The van der Waals surface area contributed by atoms with Crippen LogP contribution in [0.3, 0.4) is 0 Å². The van der Waals surface area contributed by atoms with Gasteiger partial charge >= 0.3 is 0 Å². The number of hydrogen-bond donors (Lipinski definition) is 3. The Morgan fingerprint density at radius 1 is 1.36 bits per heavy atom. The molecule has 0 saturated carbocycles. The summed E-state index contributed by atoms with van der Waals surface area (Å²) in [5.74, 6) is 0. The SMILES string of the molecule is CNCCC(C)Nc1ccccc1N. The Kier molecular flexibility index (Phi) is 4.26. The number of anilines is 2. The molecular weight excluding hydrogens is 174 g/mol. The number of rotatable bonds is 5. The molecule has 14 heavy (non-hydrogen) atoms. The molecule has 0 radical (unpaired) electrons. The third-order valence-electron chi connectivity index (χ3n) is 2.19. The number of nitrogen functional groups attached to an aromatic ring is 1. The van der Waals surface area contributed by atoms with Crippen LogP contribution in [0.4, 0.5) is 11.4 Å². The highest BCUT2D eigenvalue weighted by Gasteiger charge is 2.02. The van der Waals surface area contributed by atoms with Crippen molar-refractivity contribution in [2.24, 2.45) is 0 Å². The van der Waals surface area contributed by atoms with E-state index in [4.69, 9.17) is 5.73 Å². The predicted octanol–water partition coefficient (Wildman–Crippen LogP) is 1.68. The van der Waals surface area contributed by atoms with Gasteiger partial charge < -0.3 is 16.4 Å². The van der Waals surface area contributed by atoms with E-state index in [1.165, 1.54) is 0 Å². The molecule has 0 spiro atoms. The molecule has 1 atom stereocenters. The lowest BCUT2D eigenvalue weighted by atomic mass is 10.2. The second-order valence-corrected chi connectivity index (χ2v) is 3.52. The van der Waals surface area contributed by atoms with E-state index in [1.807, 2.05) is 31.3 Å². The minimum absolute atomic E-state index is 0.437. The lowest BCUT2D eigenvalue weighted by Crippen LogP contribution is -2.21. The summed E-state index contributed by atoms with van der Waals surface area (Å²) in [5, 5.41) is 6.51. The van der Waals surface area contributed by atoms with E-state index in [0.717, 1.165) is 24.3 Å². The monoisotopic (exact) mass is 193 g/mol. The first-order chi connectivity index (χ1) is 6.74. The minimum atomic E-state index is 0.437. The van der Waals surface area contributed by atoms with Crippen molar-refractivity contribution in [2.75, 3.05) is 24.6 Å². The standard InChI is InChI=1S/C11H19N3/c1-9(7-8-13-2)14-11-6-4-3-5-10(11)12/h3-6,9,13-14H,7-8,12H2,1-2H3. The highest BCUT2D eigenvalue weighted by atomic mass is 14.9. The highest BCUT2D eigenvalue weighted by molar-refractivity contribution is 5.65. The molecule has 1 rings (SSSR count). The average Bonchev–Trinajstić information content (AvgIpc) is 2.18. The van der Waals surface area contributed by atoms with Crippen LogP contribution in [0, 0.1) is 0 Å². The summed E-state index contributed by atoms with van der Waals surface area (Å²) in [7, 11) is 1.96. The van der Waals surface area contributed by atoms with E-state index >= 15 is 0 Å². The Hall–Kier alpha value is -1.22. The van der Waals surface area contributed by atoms with Crippen molar-refractivity contribution >= 4 is 11.4 Å². The number of nitrogens with two attached hydrogens (primary N) is 1. The number of benzene rings is 1. The van der Waals surface area contributed by atoms with Crippen molar-refractivity contribution in [1.29, 1.82) is 0 Å². The molecule has 0 aliphatic heterocycles. The number of hydrogen-bond acceptors (Lipinski definition) is 3. The number of para-hydroxylation sites is 2. The first-order valence-corrected chi connectivity index (χ1v) is 4.99. The summed E-state index contributed by atoms with van der Waals surface area (Å²) < 4.78 is 0. The van der Waals surface area contributed by atoms with Gasteiger partial charge in [-0.25, -0.2) is 0 Å². The molecule has 0 fully saturated rings. The molecule has 1 unspecified atom stereocenters. The fourth-order valence-corrected chi connectivity index (χ4v) is 1.33. The molecule has 78 valence electrons. The van der Waals surface area contributed by atoms with Crippen molar-refractivity contribution in [3.63, 3.8) is 0 Å². The fourth-order valence-electron chi connectivity index (χ4n) is 1.33. The Morgan fingerprint density at radius 3 is 2.71 bits per heavy atom. The molecule has 0 aliphatic carbocycles. The van der Waals surface area contributed by atoms with Crippen molar-refractivity contribution in [1.82, 2.24) is 5.32 Å². The van der Waals surface area contributed by atoms with Gasteiger partial charge in [0.2, 0.25) is 0 Å². The van der Waals surface area contributed by atoms with Gasteiger partial charge in [-0.1, -0.05) is 12.1 Å². The molecule has 0 amide bonds. The maximum Gasteiger partial charge on any atom is 0.0575 e. The van der Waals surface area contributed by atoms with Gasteiger partial charge in [0.25, 0.3) is 0 Å². The van der Waals surface area contributed by atoms with Gasteiger partial charge in [0.15, 0.2) is 0 Å². The molecule has 3 nitrogen and oxygen atoms in total. The Labute approximate surface area is 85.7 Å². The lowest BCUT2D eigenvalue weighted by molar-refractivity contribution is 0.657. The van der Waals surface area contributed by atoms with Crippen LogP contribution in [0.2, 0.25) is 0 Å². The second kappa shape index (κ2) is 5.50. The molecular formula is C11H19N3. The van der Waals surface area contributed by atoms with Gasteiger partial charge in [-0.3, -0.25) is 0 Å². The van der Waals surface area contributed by atoms with E-state index in [1.54, 1.807) is 0 Å². The van der Waals surface area contributed by atoms with Crippen LogP contribution in [0.15, 0.2) is 24.3 Å². The Balaban J connectivity index is 2.47. The average molecular weight is 193 g/mol. The molecule has 1 aromatic rings. The largest absolute Gasteiger partial charge is 0.397 e. The highest BCUT2D eigenvalue weighted by Crippen LogP contribution is 2.18. The van der Waals surface area contributed by atoms with Crippen LogP contribution < -0.4 is 16.4 Å². The molecule has 0 saturated heterocycles. The first kappa shape index (κ1) is 10.9. The topological polar surface area (TPSA) is 50.1 Å². The minimum Gasteiger partial charge on any atom is -0.397 e. The molecule has 0 aromatic heterocycles. The van der Waals surface area contributed by atoms with Crippen LogP contribution in [0.5, 0.6) is 0 Å². The normalized spacial score (nSPS) is 12.4. The molecule has 0 bridgehead atoms. The van der Waals surface area contributed by atoms with Gasteiger partial charge in [0.1, 0.15) is 0 Å². The smallest absolute Gasteiger partial charge is 0.0575 e. The molecule has 0 heterocycles. The van der Waals surface area contributed by atoms with Gasteiger partial charge in [-0.05, 0) is 39.1 Å². The molecule has 3 heteroatoms.